The van der Waals surface area contributed by atoms with E-state index in [0.717, 1.165) is 0 Å². The largest absolute Gasteiger partial charge is 0.492 e. The summed E-state index contributed by atoms with van der Waals surface area (Å²) in [7, 11) is 1.49. The van der Waals surface area contributed by atoms with E-state index < -0.39 is 4.92 Å². The summed E-state index contributed by atoms with van der Waals surface area (Å²) in [6.45, 7) is 2.93. The van der Waals surface area contributed by atoms with Gasteiger partial charge in [-0.3, -0.25) is 0 Å². The van der Waals surface area contributed by atoms with Gasteiger partial charge in [-0.1, -0.05) is 12.2 Å². The fourth-order valence-corrected chi connectivity index (χ4v) is 2.21. The van der Waals surface area contributed by atoms with Crippen molar-refractivity contribution in [2.24, 2.45) is 0 Å². The molecule has 0 bridgehead atoms. The quantitative estimate of drug-likeness (QED) is 0.622. The number of fused-ring (bicyclic) bond motifs is 1. The summed E-state index contributed by atoms with van der Waals surface area (Å²) < 4.78 is 16.1. The second-order valence-corrected chi connectivity index (χ2v) is 4.46. The predicted molar refractivity (Wildman–Crippen MR) is 72.4 cm³/mol. The van der Waals surface area contributed by atoms with Crippen molar-refractivity contribution in [3.63, 3.8) is 0 Å². The maximum absolute atomic E-state index is 10.9. The molecule has 2 aliphatic rings. The van der Waals surface area contributed by atoms with Gasteiger partial charge in [0.1, 0.15) is 12.2 Å². The molecule has 1 aromatic rings. The van der Waals surface area contributed by atoms with Crippen LogP contribution in [-0.2, 0) is 9.47 Å². The zero-order valence-corrected chi connectivity index (χ0v) is 11.2. The van der Waals surface area contributed by atoms with E-state index in [-0.39, 0.29) is 24.6 Å². The Balaban J connectivity index is 1.99. The van der Waals surface area contributed by atoms with Crippen molar-refractivity contribution in [2.45, 2.75) is 12.2 Å². The number of hydrogen-bond donors (Lipinski definition) is 0. The van der Waals surface area contributed by atoms with Crippen LogP contribution in [-0.4, -0.2) is 35.8 Å². The first kappa shape index (κ1) is 13.7. The summed E-state index contributed by atoms with van der Waals surface area (Å²) in [5.41, 5.74) is 1.10. The number of nitro groups is 1. The number of pyridine rings is 1. The highest BCUT2D eigenvalue weighted by Crippen LogP contribution is 2.32. The molecule has 0 aromatic carbocycles. The minimum Gasteiger partial charge on any atom is -0.492 e. The summed E-state index contributed by atoms with van der Waals surface area (Å²) in [6, 6.07) is 2.84. The lowest BCUT2D eigenvalue weighted by molar-refractivity contribution is -0.389. The second kappa shape index (κ2) is 5.63. The zero-order chi connectivity index (χ0) is 14.8. The first-order valence-electron chi connectivity index (χ1n) is 6.29. The normalized spacial score (nSPS) is 24.1. The fraction of sp³-hybridized carbons (Fsp3) is 0.286. The monoisotopic (exact) mass is 288 g/mol. The van der Waals surface area contributed by atoms with E-state index in [2.05, 4.69) is 11.6 Å². The topological polar surface area (TPSA) is 83.7 Å². The molecule has 3 rings (SSSR count). The number of aromatic nitrogens is 1. The Kier molecular flexibility index (Phi) is 3.68. The average Bonchev–Trinajstić information content (AvgIpc) is 2.53. The van der Waals surface area contributed by atoms with Gasteiger partial charge in [-0.15, -0.1) is 0 Å². The smallest absolute Gasteiger partial charge is 0.364 e. The lowest BCUT2D eigenvalue weighted by Gasteiger charge is -2.29. The second-order valence-electron chi connectivity index (χ2n) is 4.46. The van der Waals surface area contributed by atoms with E-state index in [4.69, 9.17) is 14.2 Å². The highest BCUT2D eigenvalue weighted by atomic mass is 16.6. The van der Waals surface area contributed by atoms with Gasteiger partial charge in [0.25, 0.3) is 0 Å². The highest BCUT2D eigenvalue weighted by molar-refractivity contribution is 5.77. The van der Waals surface area contributed by atoms with Gasteiger partial charge >= 0.3 is 5.82 Å². The average molecular weight is 288 g/mol. The van der Waals surface area contributed by atoms with Crippen LogP contribution in [0.4, 0.5) is 5.82 Å². The molecule has 1 aliphatic heterocycles. The Morgan fingerprint density at radius 3 is 3.10 bits per heavy atom. The number of rotatable bonds is 3. The number of methoxy groups -OCH3 is 1. The van der Waals surface area contributed by atoms with Crippen LogP contribution in [0, 0.1) is 16.7 Å². The van der Waals surface area contributed by atoms with Crippen LogP contribution in [0.5, 0.6) is 5.75 Å². The van der Waals surface area contributed by atoms with Gasteiger partial charge in [0.05, 0.1) is 13.7 Å². The van der Waals surface area contributed by atoms with Crippen molar-refractivity contribution in [1.82, 2.24) is 4.98 Å². The molecule has 7 heteroatoms. The van der Waals surface area contributed by atoms with E-state index in [1.807, 2.05) is 12.2 Å². The first-order valence-corrected chi connectivity index (χ1v) is 6.29. The van der Waals surface area contributed by atoms with Crippen molar-refractivity contribution in [1.29, 1.82) is 0 Å². The van der Waals surface area contributed by atoms with E-state index in [0.29, 0.717) is 17.0 Å². The van der Waals surface area contributed by atoms with E-state index >= 15 is 0 Å². The van der Waals surface area contributed by atoms with Gasteiger partial charge in [0, 0.05) is 11.6 Å². The van der Waals surface area contributed by atoms with Crippen LogP contribution in [0.3, 0.4) is 0 Å². The lowest BCUT2D eigenvalue weighted by atomic mass is 9.98. The Hall–Kier alpha value is -2.25. The van der Waals surface area contributed by atoms with Crippen molar-refractivity contribution < 1.29 is 19.1 Å². The molecule has 1 aromatic heterocycles. The number of allylic oxidation sites excluding steroid dienone is 2. The standard InChI is InChI=1S/C14H12N2O5/c1-19-11-4-5-13(16(17)18)15-14(11)9-2-3-10-12(8-9)21-7-6-20-10/h2-5,8,10,12H,7H2,1H3. The molecule has 0 spiro atoms. The van der Waals surface area contributed by atoms with Crippen LogP contribution >= 0.6 is 0 Å². The summed E-state index contributed by atoms with van der Waals surface area (Å²) >= 11 is 0. The van der Waals surface area contributed by atoms with Crippen molar-refractivity contribution in [3.8, 4) is 5.75 Å². The Labute approximate surface area is 121 Å². The van der Waals surface area contributed by atoms with Crippen LogP contribution in [0.1, 0.15) is 5.69 Å². The minimum absolute atomic E-state index is 0.229. The SMILES string of the molecule is COc1ccc([N+](=O)[O-])nc1C1=CC2OC[C]OC2C=C1. The lowest BCUT2D eigenvalue weighted by Crippen LogP contribution is -2.35. The maximum Gasteiger partial charge on any atom is 0.364 e. The van der Waals surface area contributed by atoms with Crippen molar-refractivity contribution in [3.05, 3.63) is 52.8 Å². The molecule has 0 saturated carbocycles. The molecule has 108 valence electrons. The maximum atomic E-state index is 10.9. The molecule has 2 heterocycles. The summed E-state index contributed by atoms with van der Waals surface area (Å²) in [5, 5.41) is 10.9. The molecular formula is C14H12N2O5. The molecule has 1 fully saturated rings. The van der Waals surface area contributed by atoms with E-state index in [1.54, 1.807) is 6.08 Å². The molecule has 7 nitrogen and oxygen atoms in total. The molecule has 2 atom stereocenters. The molecule has 1 aliphatic carbocycles. The predicted octanol–water partition coefficient (Wildman–Crippen LogP) is 1.77. The molecule has 2 radical (unpaired) electrons. The van der Waals surface area contributed by atoms with E-state index in [1.165, 1.54) is 19.2 Å². The molecule has 21 heavy (non-hydrogen) atoms. The number of nitrogens with zero attached hydrogens (tertiary/aromatic N) is 2. The zero-order valence-electron chi connectivity index (χ0n) is 11.2. The van der Waals surface area contributed by atoms with Crippen LogP contribution < -0.4 is 4.74 Å². The third-order valence-corrected chi connectivity index (χ3v) is 3.21. The number of ether oxygens (including phenoxy) is 3. The van der Waals surface area contributed by atoms with Crippen molar-refractivity contribution in [2.75, 3.05) is 13.7 Å². The Morgan fingerprint density at radius 2 is 2.33 bits per heavy atom. The van der Waals surface area contributed by atoms with Crippen LogP contribution in [0.2, 0.25) is 0 Å². The summed E-state index contributed by atoms with van der Waals surface area (Å²) in [5.74, 6) is 0.231. The molecular weight excluding hydrogens is 276 g/mol. The Bertz CT molecular complexity index is 626. The summed E-state index contributed by atoms with van der Waals surface area (Å²) in [6.07, 6.45) is 4.92. The highest BCUT2D eigenvalue weighted by Gasteiger charge is 2.29. The van der Waals surface area contributed by atoms with Gasteiger partial charge in [0.2, 0.25) is 5.69 Å². The first-order chi connectivity index (χ1) is 10.2. The Morgan fingerprint density at radius 1 is 1.48 bits per heavy atom. The van der Waals surface area contributed by atoms with Gasteiger partial charge < -0.3 is 24.3 Å². The minimum atomic E-state index is -0.539. The molecule has 0 N–H and O–H groups in total. The molecule has 0 amide bonds. The van der Waals surface area contributed by atoms with Gasteiger partial charge in [-0.05, 0) is 22.0 Å². The van der Waals surface area contributed by atoms with Gasteiger partial charge in [-0.25, -0.2) is 0 Å². The van der Waals surface area contributed by atoms with Gasteiger partial charge in [-0.2, -0.15) is 0 Å². The van der Waals surface area contributed by atoms with Gasteiger partial charge in [0.15, 0.2) is 12.4 Å². The molecule has 2 unspecified atom stereocenters. The third-order valence-electron chi connectivity index (χ3n) is 3.21. The molecule has 1 saturated heterocycles. The van der Waals surface area contributed by atoms with Crippen molar-refractivity contribution >= 4 is 11.4 Å². The third kappa shape index (κ3) is 2.65. The number of hydrogen-bond acceptors (Lipinski definition) is 6. The summed E-state index contributed by atoms with van der Waals surface area (Å²) in [4.78, 5) is 14.4. The van der Waals surface area contributed by atoms with Crippen LogP contribution in [0.15, 0.2) is 30.4 Å². The fourth-order valence-electron chi connectivity index (χ4n) is 2.21. The van der Waals surface area contributed by atoms with Crippen LogP contribution in [0.25, 0.3) is 5.57 Å². The van der Waals surface area contributed by atoms with E-state index in [9.17, 15) is 10.1 Å².